The zero-order valence-electron chi connectivity index (χ0n) is 21.4. The highest BCUT2D eigenvalue weighted by Gasteiger charge is 2.51. The molecule has 4 fully saturated rings. The molecule has 3 aromatic carbocycles. The summed E-state index contributed by atoms with van der Waals surface area (Å²) in [6.45, 7) is 0. The summed E-state index contributed by atoms with van der Waals surface area (Å²) in [5.74, 6) is 5.27. The van der Waals surface area contributed by atoms with Crippen molar-refractivity contribution < 1.29 is 4.74 Å². The van der Waals surface area contributed by atoms with E-state index >= 15 is 0 Å². The molecule has 188 valence electrons. The predicted molar refractivity (Wildman–Crippen MR) is 146 cm³/mol. The number of ether oxygens (including phenoxy) is 1. The van der Waals surface area contributed by atoms with Crippen LogP contribution in [0.3, 0.4) is 0 Å². The summed E-state index contributed by atoms with van der Waals surface area (Å²) in [5, 5.41) is 7.30. The Morgan fingerprint density at radius 2 is 1.58 bits per heavy atom. The maximum absolute atomic E-state index is 6.60. The molecule has 3 heterocycles. The first-order valence-electron chi connectivity index (χ1n) is 14.2. The fraction of sp³-hybridized carbons (Fsp3) is 0.364. The van der Waals surface area contributed by atoms with Gasteiger partial charge in [-0.3, -0.25) is 0 Å². The van der Waals surface area contributed by atoms with Crippen molar-refractivity contribution in [3.8, 4) is 11.6 Å². The molecule has 0 radical (unpaired) electrons. The SMILES string of the molecule is c1ccc([C@@H]2c3ccc4ccccc4c3Oc3ncn4nc(CC56CC7CC(CC(C7)C5)C6)nc4c32)cc1. The maximum atomic E-state index is 6.60. The van der Waals surface area contributed by atoms with Gasteiger partial charge >= 0.3 is 0 Å². The lowest BCUT2D eigenvalue weighted by molar-refractivity contribution is -0.0531. The van der Waals surface area contributed by atoms with Crippen molar-refractivity contribution >= 4 is 16.4 Å². The third kappa shape index (κ3) is 3.08. The molecule has 10 rings (SSSR count). The zero-order valence-corrected chi connectivity index (χ0v) is 21.4. The second-order valence-corrected chi connectivity index (χ2v) is 12.5. The third-order valence-electron chi connectivity index (χ3n) is 9.97. The van der Waals surface area contributed by atoms with E-state index in [1.807, 2.05) is 4.52 Å². The highest BCUT2D eigenvalue weighted by Crippen LogP contribution is 2.61. The average Bonchev–Trinajstić information content (AvgIpc) is 3.33. The van der Waals surface area contributed by atoms with Gasteiger partial charge in [-0.05, 0) is 72.6 Å². The van der Waals surface area contributed by atoms with Crippen molar-refractivity contribution in [1.82, 2.24) is 19.6 Å². The van der Waals surface area contributed by atoms with Crippen LogP contribution in [-0.4, -0.2) is 19.6 Å². The number of nitrogens with zero attached hydrogens (tertiary/aromatic N) is 4. The monoisotopic (exact) mass is 498 g/mol. The van der Waals surface area contributed by atoms with E-state index in [-0.39, 0.29) is 5.92 Å². The summed E-state index contributed by atoms with van der Waals surface area (Å²) in [7, 11) is 0. The minimum absolute atomic E-state index is 0.0210. The first kappa shape index (κ1) is 21.2. The van der Waals surface area contributed by atoms with Crippen LogP contribution >= 0.6 is 0 Å². The molecule has 0 unspecified atom stereocenters. The number of hydrogen-bond donors (Lipinski definition) is 0. The van der Waals surface area contributed by atoms with Gasteiger partial charge in [-0.25, -0.2) is 14.5 Å². The minimum Gasteiger partial charge on any atom is -0.438 e. The Labute approximate surface area is 221 Å². The number of rotatable bonds is 3. The number of fused-ring (bicyclic) bond motifs is 6. The van der Waals surface area contributed by atoms with Gasteiger partial charge in [-0.2, -0.15) is 0 Å². The molecular weight excluding hydrogens is 468 g/mol. The molecule has 5 aliphatic rings. The van der Waals surface area contributed by atoms with Gasteiger partial charge in [0, 0.05) is 23.3 Å². The van der Waals surface area contributed by atoms with Crippen LogP contribution < -0.4 is 4.74 Å². The minimum atomic E-state index is -0.0210. The lowest BCUT2D eigenvalue weighted by Crippen LogP contribution is -2.47. The smallest absolute Gasteiger partial charge is 0.228 e. The van der Waals surface area contributed by atoms with E-state index < -0.39 is 0 Å². The van der Waals surface area contributed by atoms with Crippen molar-refractivity contribution in [2.45, 2.75) is 50.9 Å². The van der Waals surface area contributed by atoms with Crippen molar-refractivity contribution in [3.63, 3.8) is 0 Å². The van der Waals surface area contributed by atoms with Gasteiger partial charge < -0.3 is 4.74 Å². The van der Waals surface area contributed by atoms with Crippen LogP contribution in [0.15, 0.2) is 73.1 Å². The van der Waals surface area contributed by atoms with Crippen LogP contribution in [0.1, 0.15) is 67.0 Å². The summed E-state index contributed by atoms with van der Waals surface area (Å²) >= 11 is 0. The molecule has 0 saturated heterocycles. The molecular formula is C33H30N4O. The summed E-state index contributed by atoms with van der Waals surface area (Å²) in [6.07, 6.45) is 11.2. The Morgan fingerprint density at radius 1 is 0.842 bits per heavy atom. The summed E-state index contributed by atoms with van der Waals surface area (Å²) in [6, 6.07) is 23.5. The Morgan fingerprint density at radius 3 is 2.37 bits per heavy atom. The molecule has 4 saturated carbocycles. The molecule has 1 aliphatic heterocycles. The summed E-state index contributed by atoms with van der Waals surface area (Å²) < 4.78 is 8.50. The first-order valence-corrected chi connectivity index (χ1v) is 14.2. The second-order valence-electron chi connectivity index (χ2n) is 12.5. The summed E-state index contributed by atoms with van der Waals surface area (Å²) in [4.78, 5) is 10.1. The van der Waals surface area contributed by atoms with Gasteiger partial charge in [-0.15, -0.1) is 5.10 Å². The maximum Gasteiger partial charge on any atom is 0.228 e. The van der Waals surface area contributed by atoms with E-state index in [0.717, 1.165) is 57.9 Å². The molecule has 38 heavy (non-hydrogen) atoms. The van der Waals surface area contributed by atoms with Gasteiger partial charge in [0.2, 0.25) is 5.88 Å². The quantitative estimate of drug-likeness (QED) is 0.256. The Balaban J connectivity index is 1.20. The van der Waals surface area contributed by atoms with E-state index in [2.05, 4.69) is 66.7 Å². The van der Waals surface area contributed by atoms with Crippen LogP contribution in [0.2, 0.25) is 0 Å². The Kier molecular flexibility index (Phi) is 4.28. The van der Waals surface area contributed by atoms with E-state index in [4.69, 9.17) is 19.8 Å². The van der Waals surface area contributed by atoms with Crippen molar-refractivity contribution in [2.24, 2.45) is 23.2 Å². The van der Waals surface area contributed by atoms with Gasteiger partial charge in [0.05, 0.1) is 5.56 Å². The number of hydrogen-bond acceptors (Lipinski definition) is 4. The van der Waals surface area contributed by atoms with E-state index in [1.165, 1.54) is 49.5 Å². The van der Waals surface area contributed by atoms with Crippen LogP contribution in [0.5, 0.6) is 11.6 Å². The lowest BCUT2D eigenvalue weighted by Gasteiger charge is -2.56. The fourth-order valence-corrected chi connectivity index (χ4v) is 9.00. The summed E-state index contributed by atoms with van der Waals surface area (Å²) in [5.41, 5.74) is 4.67. The zero-order chi connectivity index (χ0) is 24.8. The molecule has 0 spiro atoms. The van der Waals surface area contributed by atoms with Crippen molar-refractivity contribution in [2.75, 3.05) is 0 Å². The first-order chi connectivity index (χ1) is 18.7. The lowest BCUT2D eigenvalue weighted by atomic mass is 9.49. The van der Waals surface area contributed by atoms with Gasteiger partial charge in [0.15, 0.2) is 11.5 Å². The number of aromatic nitrogens is 4. The van der Waals surface area contributed by atoms with Crippen LogP contribution in [0.25, 0.3) is 16.4 Å². The largest absolute Gasteiger partial charge is 0.438 e. The molecule has 2 aromatic heterocycles. The highest BCUT2D eigenvalue weighted by atomic mass is 16.5. The van der Waals surface area contributed by atoms with Gasteiger partial charge in [-0.1, -0.05) is 66.7 Å². The van der Waals surface area contributed by atoms with Crippen LogP contribution in [0, 0.1) is 23.2 Å². The fourth-order valence-electron chi connectivity index (χ4n) is 9.00. The molecule has 4 bridgehead atoms. The van der Waals surface area contributed by atoms with Crippen molar-refractivity contribution in [3.05, 3.63) is 95.6 Å². The molecule has 5 heteroatoms. The third-order valence-corrected chi connectivity index (χ3v) is 9.97. The van der Waals surface area contributed by atoms with Crippen LogP contribution in [0.4, 0.5) is 0 Å². The molecule has 5 aromatic rings. The van der Waals surface area contributed by atoms with E-state index in [9.17, 15) is 0 Å². The molecule has 1 atom stereocenters. The van der Waals surface area contributed by atoms with E-state index in [0.29, 0.717) is 11.3 Å². The van der Waals surface area contributed by atoms with E-state index in [1.54, 1.807) is 6.33 Å². The second kappa shape index (κ2) is 7.66. The molecule has 4 aliphatic carbocycles. The molecule has 0 N–H and O–H groups in total. The molecule has 5 nitrogen and oxygen atoms in total. The average molecular weight is 499 g/mol. The Hall–Kier alpha value is -3.73. The number of benzene rings is 3. The van der Waals surface area contributed by atoms with Crippen molar-refractivity contribution in [1.29, 1.82) is 0 Å². The molecule has 0 amide bonds. The van der Waals surface area contributed by atoms with Gasteiger partial charge in [0.1, 0.15) is 12.1 Å². The predicted octanol–water partition coefficient (Wildman–Crippen LogP) is 7.32. The van der Waals surface area contributed by atoms with Crippen LogP contribution in [-0.2, 0) is 6.42 Å². The Bertz CT molecular complexity index is 1690. The van der Waals surface area contributed by atoms with Gasteiger partial charge in [0.25, 0.3) is 0 Å². The normalized spacial score (nSPS) is 28.8. The standard InChI is InChI=1S/C33H30N4O/c1-2-7-24(8-3-1)28-26-11-10-23-6-4-5-9-25(23)30(26)38-32-29(28)31-35-27(36-37(31)19-34-32)18-33-15-20-12-21(16-33)14-22(13-20)17-33/h1-11,19-22,28H,12-18H2/t20?,21?,22?,28-,33?/m1/s1. The highest BCUT2D eigenvalue weighted by molar-refractivity contribution is 5.91. The topological polar surface area (TPSA) is 52.3 Å².